The van der Waals surface area contributed by atoms with E-state index in [1.165, 1.54) is 6.08 Å². The second kappa shape index (κ2) is 7.38. The van der Waals surface area contributed by atoms with Crippen LogP contribution in [-0.2, 0) is 9.59 Å². The van der Waals surface area contributed by atoms with Gasteiger partial charge in [-0.3, -0.25) is 14.5 Å². The minimum absolute atomic E-state index is 0.0238. The van der Waals surface area contributed by atoms with Gasteiger partial charge in [0, 0.05) is 11.8 Å². The van der Waals surface area contributed by atoms with Crippen molar-refractivity contribution in [2.24, 2.45) is 0 Å². The number of para-hydroxylation sites is 1. The van der Waals surface area contributed by atoms with Gasteiger partial charge in [-0.1, -0.05) is 23.7 Å². The van der Waals surface area contributed by atoms with Crippen molar-refractivity contribution in [1.82, 2.24) is 4.90 Å². The van der Waals surface area contributed by atoms with Crippen LogP contribution in [0.3, 0.4) is 0 Å². The Bertz CT molecular complexity index is 833. The summed E-state index contributed by atoms with van der Waals surface area (Å²) in [4.78, 5) is 24.8. The van der Waals surface area contributed by atoms with Crippen LogP contribution in [0.15, 0.2) is 60.3 Å². The molecule has 0 saturated carbocycles. The number of hydrogen-bond donors (Lipinski definition) is 2. The van der Waals surface area contributed by atoms with Gasteiger partial charge in [0.2, 0.25) is 0 Å². The molecule has 0 bridgehead atoms. The number of nitrogens with one attached hydrogen (secondary N) is 1. The van der Waals surface area contributed by atoms with Gasteiger partial charge in [-0.25, -0.2) is 0 Å². The monoisotopic (exact) mass is 358 g/mol. The topological polar surface area (TPSA) is 78.9 Å². The molecule has 25 heavy (non-hydrogen) atoms. The van der Waals surface area contributed by atoms with E-state index in [0.717, 1.165) is 4.90 Å². The van der Waals surface area contributed by atoms with Gasteiger partial charge in [0.15, 0.2) is 0 Å². The summed E-state index contributed by atoms with van der Waals surface area (Å²) in [5, 5.41) is 12.3. The fraction of sp³-hybridized carbons (Fsp3) is 0.111. The third kappa shape index (κ3) is 3.81. The lowest BCUT2D eigenvalue weighted by Crippen LogP contribution is -2.34. The third-order valence-corrected chi connectivity index (χ3v) is 3.84. The van der Waals surface area contributed by atoms with Gasteiger partial charge in [-0.15, -0.1) is 0 Å². The van der Waals surface area contributed by atoms with Crippen LogP contribution in [-0.4, -0.2) is 35.0 Å². The Morgan fingerprint density at radius 1 is 1.08 bits per heavy atom. The molecule has 0 aliphatic carbocycles. The van der Waals surface area contributed by atoms with Crippen molar-refractivity contribution in [1.29, 1.82) is 0 Å². The molecule has 2 amide bonds. The summed E-state index contributed by atoms with van der Waals surface area (Å²) in [6, 6.07) is 14.0. The van der Waals surface area contributed by atoms with Crippen LogP contribution in [0.25, 0.3) is 0 Å². The highest BCUT2D eigenvalue weighted by Crippen LogP contribution is 2.29. The molecule has 3 rings (SSSR count). The van der Waals surface area contributed by atoms with Crippen LogP contribution < -0.4 is 10.1 Å². The molecular weight excluding hydrogens is 344 g/mol. The van der Waals surface area contributed by atoms with Crippen LogP contribution in [0.5, 0.6) is 11.5 Å². The van der Waals surface area contributed by atoms with Gasteiger partial charge in [0.25, 0.3) is 11.8 Å². The minimum Gasteiger partial charge on any atom is -0.456 e. The SMILES string of the molecule is O=C1C=C(Nc2ccc(Oc3ccccc3Cl)cc2)C(=O)N1CCO. The highest BCUT2D eigenvalue weighted by molar-refractivity contribution is 6.32. The molecule has 0 aromatic heterocycles. The highest BCUT2D eigenvalue weighted by atomic mass is 35.5. The predicted molar refractivity (Wildman–Crippen MR) is 93.5 cm³/mol. The van der Waals surface area contributed by atoms with Crippen molar-refractivity contribution < 1.29 is 19.4 Å². The zero-order chi connectivity index (χ0) is 17.8. The third-order valence-electron chi connectivity index (χ3n) is 3.53. The fourth-order valence-electron chi connectivity index (χ4n) is 2.33. The summed E-state index contributed by atoms with van der Waals surface area (Å²) in [5.41, 5.74) is 0.794. The summed E-state index contributed by atoms with van der Waals surface area (Å²) in [5.74, 6) is 0.225. The number of β-amino-alcohol motifs (C(OH)–C–C–N with tert-alkyl or cyclic N) is 1. The van der Waals surface area contributed by atoms with Crippen molar-refractivity contribution in [3.8, 4) is 11.5 Å². The van der Waals surface area contributed by atoms with Crippen molar-refractivity contribution in [2.75, 3.05) is 18.5 Å². The van der Waals surface area contributed by atoms with E-state index in [9.17, 15) is 9.59 Å². The van der Waals surface area contributed by atoms with E-state index in [1.54, 1.807) is 36.4 Å². The average molecular weight is 359 g/mol. The number of amides is 2. The second-order valence-electron chi connectivity index (χ2n) is 5.26. The molecule has 7 heteroatoms. The molecule has 1 heterocycles. The van der Waals surface area contributed by atoms with Gasteiger partial charge < -0.3 is 15.2 Å². The number of imide groups is 1. The molecule has 1 aliphatic heterocycles. The van der Waals surface area contributed by atoms with Gasteiger partial charge >= 0.3 is 0 Å². The number of carbonyl (C=O) groups is 2. The number of anilines is 1. The molecule has 0 spiro atoms. The number of benzene rings is 2. The number of hydrogen-bond acceptors (Lipinski definition) is 5. The quantitative estimate of drug-likeness (QED) is 0.776. The molecule has 128 valence electrons. The normalized spacial score (nSPS) is 13.8. The molecular formula is C18H15ClN2O4. The van der Waals surface area contributed by atoms with Gasteiger partial charge in [-0.2, -0.15) is 0 Å². The van der Waals surface area contributed by atoms with Crippen LogP contribution in [0, 0.1) is 0 Å². The highest BCUT2D eigenvalue weighted by Gasteiger charge is 2.30. The summed E-state index contributed by atoms with van der Waals surface area (Å²) < 4.78 is 5.69. The molecule has 0 unspecified atom stereocenters. The Morgan fingerprint density at radius 2 is 1.80 bits per heavy atom. The lowest BCUT2D eigenvalue weighted by atomic mass is 10.2. The van der Waals surface area contributed by atoms with Gasteiger partial charge in [-0.05, 0) is 36.4 Å². The van der Waals surface area contributed by atoms with E-state index in [-0.39, 0.29) is 18.8 Å². The van der Waals surface area contributed by atoms with E-state index in [4.69, 9.17) is 21.4 Å². The number of halogens is 1. The molecule has 2 aromatic carbocycles. The van der Waals surface area contributed by atoms with E-state index in [2.05, 4.69) is 5.32 Å². The van der Waals surface area contributed by atoms with Crippen molar-refractivity contribution >= 4 is 29.1 Å². The minimum atomic E-state index is -0.463. The lowest BCUT2D eigenvalue weighted by Gasteiger charge is -2.13. The van der Waals surface area contributed by atoms with Gasteiger partial charge in [0.1, 0.15) is 17.2 Å². The maximum absolute atomic E-state index is 12.1. The first-order valence-corrected chi connectivity index (χ1v) is 7.94. The number of carbonyl (C=O) groups excluding carboxylic acids is 2. The molecule has 1 aliphatic rings. The van der Waals surface area contributed by atoms with Crippen molar-refractivity contribution in [2.45, 2.75) is 0 Å². The first-order valence-electron chi connectivity index (χ1n) is 7.56. The summed E-state index contributed by atoms with van der Waals surface area (Å²) in [7, 11) is 0. The van der Waals surface area contributed by atoms with Crippen molar-refractivity contribution in [3.63, 3.8) is 0 Å². The Kier molecular flexibility index (Phi) is 5.02. The zero-order valence-electron chi connectivity index (χ0n) is 13.1. The fourth-order valence-corrected chi connectivity index (χ4v) is 2.50. The predicted octanol–water partition coefficient (Wildman–Crippen LogP) is 2.79. The lowest BCUT2D eigenvalue weighted by molar-refractivity contribution is -0.137. The zero-order valence-corrected chi connectivity index (χ0v) is 13.9. The summed E-state index contributed by atoms with van der Waals surface area (Å²) >= 11 is 6.05. The number of rotatable bonds is 6. The Labute approximate surface area is 149 Å². The van der Waals surface area contributed by atoms with E-state index in [1.807, 2.05) is 12.1 Å². The van der Waals surface area contributed by atoms with Gasteiger partial charge in [0.05, 0.1) is 18.2 Å². The maximum atomic E-state index is 12.1. The molecule has 2 aromatic rings. The van der Waals surface area contributed by atoms with E-state index >= 15 is 0 Å². The Morgan fingerprint density at radius 3 is 2.48 bits per heavy atom. The van der Waals surface area contributed by atoms with E-state index < -0.39 is 11.8 Å². The van der Waals surface area contributed by atoms with Crippen molar-refractivity contribution in [3.05, 3.63) is 65.3 Å². The van der Waals surface area contributed by atoms with E-state index in [0.29, 0.717) is 22.2 Å². The Hall–Kier alpha value is -2.83. The standard InChI is InChI=1S/C18H15ClN2O4/c19-14-3-1-2-4-16(14)25-13-7-5-12(6-8-13)20-15-11-17(23)21(9-10-22)18(15)24/h1-8,11,20,22H,9-10H2. The molecule has 6 nitrogen and oxygen atoms in total. The van der Waals surface area contributed by atoms with Crippen LogP contribution in [0.4, 0.5) is 5.69 Å². The average Bonchev–Trinajstić information content (AvgIpc) is 2.86. The second-order valence-corrected chi connectivity index (χ2v) is 5.67. The molecule has 0 radical (unpaired) electrons. The number of aliphatic hydroxyl groups excluding tert-OH is 1. The first-order chi connectivity index (χ1) is 12.1. The summed E-state index contributed by atoms with van der Waals surface area (Å²) in [6.45, 7) is -0.295. The first kappa shape index (κ1) is 17.0. The number of aliphatic hydroxyl groups is 1. The molecule has 0 saturated heterocycles. The van der Waals surface area contributed by atoms with Crippen LogP contribution in [0.1, 0.15) is 0 Å². The van der Waals surface area contributed by atoms with Crippen LogP contribution >= 0.6 is 11.6 Å². The smallest absolute Gasteiger partial charge is 0.277 e. The Balaban J connectivity index is 1.67. The molecule has 0 atom stereocenters. The number of nitrogens with zero attached hydrogens (tertiary/aromatic N) is 1. The maximum Gasteiger partial charge on any atom is 0.277 e. The summed E-state index contributed by atoms with van der Waals surface area (Å²) in [6.07, 6.45) is 1.21. The largest absolute Gasteiger partial charge is 0.456 e. The molecule has 2 N–H and O–H groups in total. The number of ether oxygens (including phenoxy) is 1. The van der Waals surface area contributed by atoms with Crippen LogP contribution in [0.2, 0.25) is 5.02 Å². The molecule has 0 fully saturated rings.